The topological polar surface area (TPSA) is 57.5 Å². The maximum Gasteiger partial charge on any atom is 0.356 e. The van der Waals surface area contributed by atoms with E-state index in [4.69, 9.17) is 9.47 Å². The molecule has 2 aromatic carbocycles. The van der Waals surface area contributed by atoms with E-state index in [0.717, 1.165) is 5.39 Å². The molecule has 0 atom stereocenters. The van der Waals surface area contributed by atoms with Crippen molar-refractivity contribution >= 4 is 45.4 Å². The van der Waals surface area contributed by atoms with E-state index in [0.29, 0.717) is 20.4 Å². The maximum atomic E-state index is 13.1. The Morgan fingerprint density at radius 1 is 1.04 bits per heavy atom. The molecule has 3 aromatic rings. The summed E-state index contributed by atoms with van der Waals surface area (Å²) in [7, 11) is 2.84. The third-order valence-corrected chi connectivity index (χ3v) is 4.80. The highest BCUT2D eigenvalue weighted by molar-refractivity contribution is 14.1. The highest BCUT2D eigenvalue weighted by Crippen LogP contribution is 2.29. The summed E-state index contributed by atoms with van der Waals surface area (Å²) in [5.41, 5.74) is 1.32. The first-order valence-corrected chi connectivity index (χ1v) is 8.22. The minimum atomic E-state index is -0.549. The lowest BCUT2D eigenvalue weighted by Gasteiger charge is -2.09. The minimum Gasteiger partial charge on any atom is -0.497 e. The van der Waals surface area contributed by atoms with Crippen molar-refractivity contribution in [2.75, 3.05) is 14.2 Å². The van der Waals surface area contributed by atoms with Crippen LogP contribution < -0.4 is 4.74 Å². The Morgan fingerprint density at radius 2 is 1.79 bits per heavy atom. The Bertz CT molecular complexity index is 945. The van der Waals surface area contributed by atoms with Crippen molar-refractivity contribution in [3.8, 4) is 5.75 Å². The summed E-state index contributed by atoms with van der Waals surface area (Å²) >= 11 is 2.07. The maximum absolute atomic E-state index is 13.1. The van der Waals surface area contributed by atoms with Gasteiger partial charge >= 0.3 is 5.97 Å². The van der Waals surface area contributed by atoms with Crippen LogP contribution in [0.25, 0.3) is 10.9 Å². The Balaban J connectivity index is 2.27. The van der Waals surface area contributed by atoms with Gasteiger partial charge in [-0.05, 0) is 46.9 Å². The quantitative estimate of drug-likeness (QED) is 0.465. The molecule has 0 aliphatic rings. The van der Waals surface area contributed by atoms with Gasteiger partial charge in [0.2, 0.25) is 0 Å². The smallest absolute Gasteiger partial charge is 0.356 e. The summed E-state index contributed by atoms with van der Waals surface area (Å²) < 4.78 is 12.1. The van der Waals surface area contributed by atoms with Gasteiger partial charge in [0.05, 0.1) is 23.3 Å². The molecule has 0 saturated heterocycles. The Kier molecular flexibility index (Phi) is 4.57. The number of esters is 1. The molecule has 6 heteroatoms. The van der Waals surface area contributed by atoms with Gasteiger partial charge in [0.15, 0.2) is 0 Å². The average Bonchev–Trinajstić information content (AvgIpc) is 2.93. The number of benzene rings is 2. The molecular formula is C18H14INO4. The van der Waals surface area contributed by atoms with Crippen LogP contribution in [-0.2, 0) is 4.74 Å². The Morgan fingerprint density at radius 3 is 2.50 bits per heavy atom. The second-order valence-electron chi connectivity index (χ2n) is 5.04. The molecule has 0 bridgehead atoms. The molecule has 1 heterocycles. The molecule has 0 amide bonds. The molecule has 0 unspecified atom stereocenters. The number of methoxy groups -OCH3 is 2. The number of carbonyl (C=O) groups excluding carboxylic acids is 2. The zero-order valence-corrected chi connectivity index (χ0v) is 15.2. The molecule has 0 radical (unpaired) electrons. The summed E-state index contributed by atoms with van der Waals surface area (Å²) in [4.78, 5) is 25.3. The van der Waals surface area contributed by atoms with Gasteiger partial charge in [-0.1, -0.05) is 24.3 Å². The molecule has 122 valence electrons. The van der Waals surface area contributed by atoms with E-state index in [-0.39, 0.29) is 11.6 Å². The number of para-hydroxylation sites is 1. The van der Waals surface area contributed by atoms with Crippen LogP contribution in [0.3, 0.4) is 0 Å². The largest absolute Gasteiger partial charge is 0.497 e. The lowest BCUT2D eigenvalue weighted by molar-refractivity contribution is 0.0582. The zero-order valence-electron chi connectivity index (χ0n) is 13.1. The van der Waals surface area contributed by atoms with E-state index in [1.807, 2.05) is 24.3 Å². The van der Waals surface area contributed by atoms with Crippen LogP contribution in [0.15, 0.2) is 48.5 Å². The predicted molar refractivity (Wildman–Crippen MR) is 98.7 cm³/mol. The van der Waals surface area contributed by atoms with Crippen molar-refractivity contribution < 1.29 is 19.1 Å². The highest BCUT2D eigenvalue weighted by atomic mass is 127. The van der Waals surface area contributed by atoms with Crippen LogP contribution in [0.5, 0.6) is 5.75 Å². The van der Waals surface area contributed by atoms with Crippen LogP contribution >= 0.6 is 22.6 Å². The van der Waals surface area contributed by atoms with Gasteiger partial charge in [-0.2, -0.15) is 0 Å². The Labute approximate surface area is 152 Å². The molecule has 0 N–H and O–H groups in total. The Hall–Kier alpha value is -2.35. The molecule has 0 saturated carbocycles. The summed E-state index contributed by atoms with van der Waals surface area (Å²) in [5, 5.41) is 0.828. The van der Waals surface area contributed by atoms with E-state index in [1.165, 1.54) is 18.8 Å². The van der Waals surface area contributed by atoms with Crippen LogP contribution in [0.4, 0.5) is 0 Å². The standard InChI is InChI=1S/C18H14INO4/c1-23-12-7-5-6-11(10-12)17(21)20-14-9-4-3-8-13(14)15(19)16(20)18(22)24-2/h3-10H,1-2H3. The van der Waals surface area contributed by atoms with Crippen LogP contribution in [0.2, 0.25) is 0 Å². The van der Waals surface area contributed by atoms with Gasteiger partial charge in [0, 0.05) is 10.9 Å². The van der Waals surface area contributed by atoms with E-state index in [1.54, 1.807) is 24.3 Å². The van der Waals surface area contributed by atoms with Crippen LogP contribution in [0, 0.1) is 3.57 Å². The highest BCUT2D eigenvalue weighted by Gasteiger charge is 2.26. The number of rotatable bonds is 3. The van der Waals surface area contributed by atoms with Gasteiger partial charge in [-0.25, -0.2) is 4.79 Å². The third-order valence-electron chi connectivity index (χ3n) is 3.71. The molecule has 0 aliphatic carbocycles. The first kappa shape index (κ1) is 16.5. The summed E-state index contributed by atoms with van der Waals surface area (Å²) in [6, 6.07) is 14.2. The SMILES string of the molecule is COC(=O)c1c(I)c2ccccc2n1C(=O)c1cccc(OC)c1. The van der Waals surface area contributed by atoms with Gasteiger partial charge in [0.1, 0.15) is 11.4 Å². The molecule has 5 nitrogen and oxygen atoms in total. The van der Waals surface area contributed by atoms with Crippen molar-refractivity contribution in [1.29, 1.82) is 0 Å². The first-order valence-electron chi connectivity index (χ1n) is 7.14. The lowest BCUT2D eigenvalue weighted by Crippen LogP contribution is -2.19. The number of hydrogen-bond donors (Lipinski definition) is 0. The summed E-state index contributed by atoms with van der Waals surface area (Å²) in [6.45, 7) is 0. The summed E-state index contributed by atoms with van der Waals surface area (Å²) in [5.74, 6) is -0.285. The van der Waals surface area contributed by atoms with Gasteiger partial charge in [-0.3, -0.25) is 9.36 Å². The predicted octanol–water partition coefficient (Wildman–Crippen LogP) is 3.73. The van der Waals surface area contributed by atoms with Crippen molar-refractivity contribution in [3.05, 3.63) is 63.4 Å². The van der Waals surface area contributed by atoms with Crippen molar-refractivity contribution in [3.63, 3.8) is 0 Å². The number of ether oxygens (including phenoxy) is 2. The first-order chi connectivity index (χ1) is 11.6. The van der Waals surface area contributed by atoms with Gasteiger partial charge in [-0.15, -0.1) is 0 Å². The summed E-state index contributed by atoms with van der Waals surface area (Å²) in [6.07, 6.45) is 0. The van der Waals surface area contributed by atoms with E-state index >= 15 is 0 Å². The van der Waals surface area contributed by atoms with E-state index in [9.17, 15) is 9.59 Å². The van der Waals surface area contributed by atoms with Crippen LogP contribution in [-0.4, -0.2) is 30.7 Å². The lowest BCUT2D eigenvalue weighted by atomic mass is 10.2. The van der Waals surface area contributed by atoms with E-state index < -0.39 is 5.97 Å². The van der Waals surface area contributed by atoms with Gasteiger partial charge < -0.3 is 9.47 Å². The number of nitrogens with zero attached hydrogens (tertiary/aromatic N) is 1. The van der Waals surface area contributed by atoms with Gasteiger partial charge in [0.25, 0.3) is 5.91 Å². The number of fused-ring (bicyclic) bond motifs is 1. The zero-order chi connectivity index (χ0) is 17.3. The van der Waals surface area contributed by atoms with Crippen molar-refractivity contribution in [2.45, 2.75) is 0 Å². The molecular weight excluding hydrogens is 421 g/mol. The van der Waals surface area contributed by atoms with Crippen molar-refractivity contribution in [2.24, 2.45) is 0 Å². The van der Waals surface area contributed by atoms with Crippen LogP contribution in [0.1, 0.15) is 20.8 Å². The molecule has 24 heavy (non-hydrogen) atoms. The molecule has 0 fully saturated rings. The second-order valence-corrected chi connectivity index (χ2v) is 6.12. The fourth-order valence-electron chi connectivity index (χ4n) is 2.57. The minimum absolute atomic E-state index is 0.229. The molecule has 0 aliphatic heterocycles. The third kappa shape index (κ3) is 2.66. The number of carbonyl (C=O) groups is 2. The monoisotopic (exact) mass is 435 g/mol. The second kappa shape index (κ2) is 6.64. The van der Waals surface area contributed by atoms with E-state index in [2.05, 4.69) is 22.6 Å². The van der Waals surface area contributed by atoms with Crippen molar-refractivity contribution in [1.82, 2.24) is 4.57 Å². The molecule has 3 rings (SSSR count). The average molecular weight is 435 g/mol. The number of aromatic nitrogens is 1. The fraction of sp³-hybridized carbons (Fsp3) is 0.111. The fourth-order valence-corrected chi connectivity index (χ4v) is 3.49. The number of hydrogen-bond acceptors (Lipinski definition) is 4. The number of halogens is 1. The normalized spacial score (nSPS) is 10.6. The molecule has 1 aromatic heterocycles. The molecule has 0 spiro atoms.